The van der Waals surface area contributed by atoms with E-state index in [0.29, 0.717) is 19.3 Å². The van der Waals surface area contributed by atoms with Gasteiger partial charge < -0.3 is 19.5 Å². The molecule has 0 radical (unpaired) electrons. The molecule has 0 spiro atoms. The number of nitrogens with one attached hydrogen (secondary N) is 1. The summed E-state index contributed by atoms with van der Waals surface area (Å²) in [6.45, 7) is 0.691. The van der Waals surface area contributed by atoms with E-state index in [1.54, 1.807) is 0 Å². The zero-order valence-electron chi connectivity index (χ0n) is 16.4. The molecule has 0 saturated carbocycles. The Labute approximate surface area is 181 Å². The Balaban J connectivity index is 1.85. The largest absolute Gasteiger partial charge is 0.490 e. The van der Waals surface area contributed by atoms with Gasteiger partial charge in [0.25, 0.3) is 5.91 Å². The average Bonchev–Trinajstić information content (AvgIpc) is 2.69. The molecular weight excluding hydrogens is 464 g/mol. The van der Waals surface area contributed by atoms with Gasteiger partial charge in [-0.15, -0.1) is 0 Å². The van der Waals surface area contributed by atoms with Crippen molar-refractivity contribution < 1.29 is 50.1 Å². The Morgan fingerprint density at radius 2 is 1.82 bits per heavy atom. The van der Waals surface area contributed by atoms with Crippen LogP contribution in [0.15, 0.2) is 36.4 Å². The minimum atomic E-state index is -5.40. The van der Waals surface area contributed by atoms with Crippen molar-refractivity contribution in [1.29, 1.82) is 0 Å². The summed E-state index contributed by atoms with van der Waals surface area (Å²) in [6.07, 6.45) is -12.6. The first-order valence-corrected chi connectivity index (χ1v) is 9.12. The lowest BCUT2D eigenvalue weighted by Gasteiger charge is -2.26. The predicted octanol–water partition coefficient (Wildman–Crippen LogP) is 3.08. The van der Waals surface area contributed by atoms with Crippen LogP contribution in [-0.2, 0) is 20.4 Å². The molecule has 3 rings (SSSR count). The normalized spacial score (nSPS) is 15.4. The third kappa shape index (κ3) is 6.32. The second-order valence-corrected chi connectivity index (χ2v) is 6.78. The van der Waals surface area contributed by atoms with E-state index in [9.17, 15) is 35.9 Å². The highest BCUT2D eigenvalue weighted by atomic mass is 19.4. The van der Waals surface area contributed by atoms with Crippen LogP contribution in [0.25, 0.3) is 0 Å². The number of pyridine rings is 1. The van der Waals surface area contributed by atoms with Gasteiger partial charge in [-0.1, -0.05) is 6.07 Å². The molecule has 3 N–H and O–H groups in total. The van der Waals surface area contributed by atoms with Gasteiger partial charge in [-0.05, 0) is 24.3 Å². The number of carbonyl (C=O) groups excluding carboxylic acids is 2. The Bertz CT molecular complexity index is 1040. The van der Waals surface area contributed by atoms with Crippen LogP contribution in [0.4, 0.5) is 26.3 Å². The maximum absolute atomic E-state index is 13.2. The second-order valence-electron chi connectivity index (χ2n) is 6.78. The van der Waals surface area contributed by atoms with Crippen LogP contribution >= 0.6 is 0 Å². The van der Waals surface area contributed by atoms with Crippen LogP contribution in [0.2, 0.25) is 0 Å². The van der Waals surface area contributed by atoms with Crippen LogP contribution in [0.5, 0.6) is 11.6 Å². The Morgan fingerprint density at radius 1 is 1.12 bits per heavy atom. The molecule has 0 bridgehead atoms. The molecule has 2 heterocycles. The maximum Gasteiger partial charge on any atom is 0.490 e. The third-order valence-corrected chi connectivity index (χ3v) is 4.20. The van der Waals surface area contributed by atoms with E-state index in [2.05, 4.69) is 15.0 Å². The molecule has 1 amide bonds. The fraction of sp³-hybridized carbons (Fsp3) is 0.316. The number of rotatable bonds is 6. The lowest BCUT2D eigenvalue weighted by Crippen LogP contribution is -2.48. The summed E-state index contributed by atoms with van der Waals surface area (Å²) in [7, 11) is 0. The van der Waals surface area contributed by atoms with E-state index in [0.717, 1.165) is 6.07 Å². The number of nitrogens with zero attached hydrogens (tertiary/aromatic N) is 1. The van der Waals surface area contributed by atoms with Crippen molar-refractivity contribution in [3.63, 3.8) is 0 Å². The lowest BCUT2D eigenvalue weighted by atomic mass is 10.1. The van der Waals surface area contributed by atoms with Crippen molar-refractivity contribution in [1.82, 2.24) is 10.3 Å². The molecular formula is C19H15F6N3O5. The number of benzene rings is 1. The number of hydrogen-bond acceptors (Lipinski definition) is 7. The van der Waals surface area contributed by atoms with Gasteiger partial charge in [0.15, 0.2) is 6.23 Å². The summed E-state index contributed by atoms with van der Waals surface area (Å²) in [5.41, 5.74) is 3.27. The maximum atomic E-state index is 13.2. The molecule has 14 heteroatoms. The summed E-state index contributed by atoms with van der Waals surface area (Å²) < 4.78 is 91.0. The molecule has 8 nitrogen and oxygen atoms in total. The number of amides is 1. The molecule has 1 saturated heterocycles. The van der Waals surface area contributed by atoms with E-state index >= 15 is 0 Å². The molecule has 1 fully saturated rings. The molecule has 1 atom stereocenters. The zero-order chi connectivity index (χ0) is 24.4. The standard InChI is InChI=1S/C19H15F6N3O5/c20-18(21,22)13-5-10(15(26)33-17(30)19(23,24)25)6-14(28-13)32-12-3-1-2-9(4-12)16(29)27-11-7-31-8-11/h1-6,11,15H,7-8,26H2,(H,27,29). The topological polar surface area (TPSA) is 113 Å². The van der Waals surface area contributed by atoms with Gasteiger partial charge in [-0.25, -0.2) is 9.78 Å². The van der Waals surface area contributed by atoms with Gasteiger partial charge in [-0.2, -0.15) is 26.3 Å². The predicted molar refractivity (Wildman–Crippen MR) is 96.9 cm³/mol. The average molecular weight is 479 g/mol. The summed E-state index contributed by atoms with van der Waals surface area (Å²) in [4.78, 5) is 26.5. The van der Waals surface area contributed by atoms with Gasteiger partial charge in [0.2, 0.25) is 5.88 Å². The minimum absolute atomic E-state index is 0.0915. The van der Waals surface area contributed by atoms with Crippen LogP contribution < -0.4 is 15.8 Å². The molecule has 1 aromatic carbocycles. The Morgan fingerprint density at radius 3 is 2.39 bits per heavy atom. The summed E-state index contributed by atoms with van der Waals surface area (Å²) in [5, 5.41) is 2.67. The highest BCUT2D eigenvalue weighted by Gasteiger charge is 2.42. The number of alkyl halides is 6. The highest BCUT2D eigenvalue weighted by Crippen LogP contribution is 2.33. The van der Waals surface area contributed by atoms with Crippen LogP contribution in [-0.4, -0.2) is 42.3 Å². The van der Waals surface area contributed by atoms with Crippen molar-refractivity contribution in [2.75, 3.05) is 13.2 Å². The fourth-order valence-electron chi connectivity index (χ4n) is 2.55. The Hall–Kier alpha value is -3.39. The van der Waals surface area contributed by atoms with Crippen molar-refractivity contribution in [2.24, 2.45) is 5.73 Å². The molecule has 2 aromatic rings. The molecule has 1 aromatic heterocycles. The van der Waals surface area contributed by atoms with Gasteiger partial charge in [0, 0.05) is 17.2 Å². The molecule has 1 aliphatic heterocycles. The summed E-state index contributed by atoms with van der Waals surface area (Å²) >= 11 is 0. The minimum Gasteiger partial charge on any atom is -0.439 e. The second kappa shape index (κ2) is 9.23. The molecule has 1 aliphatic rings. The quantitative estimate of drug-likeness (QED) is 0.372. The number of carbonyl (C=O) groups is 2. The first-order chi connectivity index (χ1) is 15.3. The summed E-state index contributed by atoms with van der Waals surface area (Å²) in [5.74, 6) is -3.96. The number of ether oxygens (including phenoxy) is 3. The first kappa shape index (κ1) is 24.3. The van der Waals surface area contributed by atoms with E-state index in [4.69, 9.17) is 15.2 Å². The number of aromatic nitrogens is 1. The lowest BCUT2D eigenvalue weighted by molar-refractivity contribution is -0.205. The molecule has 1 unspecified atom stereocenters. The van der Waals surface area contributed by atoms with Crippen molar-refractivity contribution in [3.05, 3.63) is 53.2 Å². The molecule has 0 aliphatic carbocycles. The van der Waals surface area contributed by atoms with Crippen molar-refractivity contribution in [2.45, 2.75) is 24.6 Å². The van der Waals surface area contributed by atoms with Gasteiger partial charge in [-0.3, -0.25) is 10.5 Å². The van der Waals surface area contributed by atoms with Crippen molar-refractivity contribution in [3.8, 4) is 11.6 Å². The van der Waals surface area contributed by atoms with E-state index < -0.39 is 47.6 Å². The van der Waals surface area contributed by atoms with Gasteiger partial charge in [0.05, 0.1) is 19.3 Å². The van der Waals surface area contributed by atoms with Crippen LogP contribution in [0.1, 0.15) is 27.8 Å². The molecule has 178 valence electrons. The van der Waals surface area contributed by atoms with Gasteiger partial charge in [0.1, 0.15) is 11.4 Å². The monoisotopic (exact) mass is 479 g/mol. The van der Waals surface area contributed by atoms with Crippen molar-refractivity contribution >= 4 is 11.9 Å². The van der Waals surface area contributed by atoms with Crippen LogP contribution in [0, 0.1) is 0 Å². The van der Waals surface area contributed by atoms with Gasteiger partial charge >= 0.3 is 18.3 Å². The molecule has 33 heavy (non-hydrogen) atoms. The number of nitrogens with two attached hydrogens (primary N) is 1. The first-order valence-electron chi connectivity index (χ1n) is 9.12. The van der Waals surface area contributed by atoms with E-state index in [1.807, 2.05) is 0 Å². The smallest absolute Gasteiger partial charge is 0.439 e. The number of hydrogen-bond donors (Lipinski definition) is 2. The van der Waals surface area contributed by atoms with E-state index in [-0.39, 0.29) is 17.4 Å². The summed E-state index contributed by atoms with van der Waals surface area (Å²) in [6, 6.07) is 6.30. The highest BCUT2D eigenvalue weighted by molar-refractivity contribution is 5.94. The van der Waals surface area contributed by atoms with E-state index in [1.165, 1.54) is 24.3 Å². The van der Waals surface area contributed by atoms with Crippen LogP contribution in [0.3, 0.4) is 0 Å². The zero-order valence-corrected chi connectivity index (χ0v) is 16.4. The fourth-order valence-corrected chi connectivity index (χ4v) is 2.55. The third-order valence-electron chi connectivity index (χ3n) is 4.20. The number of halogens is 6. The number of esters is 1. The Kier molecular flexibility index (Phi) is 6.78. The SMILES string of the molecule is NC(OC(=O)C(F)(F)F)c1cc(Oc2cccc(C(=O)NC3COC3)c2)nc(C(F)(F)F)c1.